The monoisotopic (exact) mass is 317 g/mol. The Bertz CT molecular complexity index is 842. The van der Waals surface area contributed by atoms with Crippen molar-refractivity contribution in [2.75, 3.05) is 0 Å². The highest BCUT2D eigenvalue weighted by Crippen LogP contribution is 2.50. The molecule has 0 aliphatic heterocycles. The molecule has 0 spiro atoms. The zero-order valence-corrected chi connectivity index (χ0v) is 13.3. The molecule has 0 saturated carbocycles. The van der Waals surface area contributed by atoms with Crippen molar-refractivity contribution in [2.24, 2.45) is 0 Å². The van der Waals surface area contributed by atoms with Crippen molar-refractivity contribution >= 4 is 5.97 Å². The van der Waals surface area contributed by atoms with Crippen LogP contribution in [0, 0.1) is 0 Å². The lowest BCUT2D eigenvalue weighted by atomic mass is 9.73. The van der Waals surface area contributed by atoms with Crippen molar-refractivity contribution in [1.82, 2.24) is 6.15 Å². The Morgan fingerprint density at radius 3 is 1.71 bits per heavy atom. The molecular formula is C21H19NO2. The number of fused-ring (bicyclic) bond motifs is 3. The molecule has 0 fully saturated rings. The molecule has 3 heteroatoms. The lowest BCUT2D eigenvalue weighted by molar-refractivity contribution is -0.142. The van der Waals surface area contributed by atoms with E-state index in [9.17, 15) is 9.90 Å². The van der Waals surface area contributed by atoms with Gasteiger partial charge < -0.3 is 11.3 Å². The molecule has 0 unspecified atom stereocenters. The van der Waals surface area contributed by atoms with Gasteiger partial charge >= 0.3 is 5.97 Å². The van der Waals surface area contributed by atoms with Crippen molar-refractivity contribution in [3.8, 4) is 11.1 Å². The van der Waals surface area contributed by atoms with Crippen LogP contribution >= 0.6 is 0 Å². The van der Waals surface area contributed by atoms with Gasteiger partial charge in [-0.1, -0.05) is 78.9 Å². The first-order valence-corrected chi connectivity index (χ1v) is 7.70. The van der Waals surface area contributed by atoms with Gasteiger partial charge in [-0.15, -0.1) is 0 Å². The number of carboxylic acid groups (broad SMARTS) is 1. The van der Waals surface area contributed by atoms with Crippen molar-refractivity contribution in [1.29, 1.82) is 0 Å². The summed E-state index contributed by atoms with van der Waals surface area (Å²) in [6.45, 7) is 0. The van der Waals surface area contributed by atoms with Crippen LogP contribution in [0.5, 0.6) is 0 Å². The summed E-state index contributed by atoms with van der Waals surface area (Å²) < 4.78 is 0. The first kappa shape index (κ1) is 16.0. The topological polar surface area (TPSA) is 72.3 Å². The molecule has 0 atom stereocenters. The molecule has 3 aromatic rings. The molecule has 0 amide bonds. The number of carbonyl (C=O) groups is 1. The van der Waals surface area contributed by atoms with Gasteiger partial charge in [0.1, 0.15) is 5.41 Å². The van der Waals surface area contributed by atoms with E-state index < -0.39 is 11.4 Å². The Hall–Kier alpha value is -2.91. The van der Waals surface area contributed by atoms with Crippen molar-refractivity contribution in [2.45, 2.75) is 11.8 Å². The number of benzene rings is 3. The number of rotatable bonds is 3. The van der Waals surface area contributed by atoms with Crippen LogP contribution in [0.1, 0.15) is 16.7 Å². The minimum Gasteiger partial charge on any atom is -0.480 e. The third-order valence-corrected chi connectivity index (χ3v) is 4.74. The smallest absolute Gasteiger partial charge is 0.319 e. The average molecular weight is 317 g/mol. The van der Waals surface area contributed by atoms with Gasteiger partial charge in [-0.25, -0.2) is 0 Å². The van der Waals surface area contributed by atoms with Gasteiger partial charge in [0.2, 0.25) is 0 Å². The van der Waals surface area contributed by atoms with Crippen molar-refractivity contribution in [3.63, 3.8) is 0 Å². The first-order chi connectivity index (χ1) is 11.2. The first-order valence-electron chi connectivity index (χ1n) is 7.70. The Morgan fingerprint density at radius 1 is 0.750 bits per heavy atom. The molecule has 1 aliphatic rings. The zero-order valence-electron chi connectivity index (χ0n) is 13.3. The standard InChI is InChI=1S/C21H16O2.H3N/c22-20(23)21(14-15-8-2-1-3-9-15)18-12-6-4-10-16(18)17-11-5-7-13-19(17)21;/h1-13H,14H2,(H,22,23);1H3. The van der Waals surface area contributed by atoms with Crippen LogP contribution in [0.25, 0.3) is 11.1 Å². The van der Waals surface area contributed by atoms with Crippen molar-refractivity contribution < 1.29 is 9.90 Å². The van der Waals surface area contributed by atoms with E-state index in [2.05, 4.69) is 0 Å². The molecule has 1 aliphatic carbocycles. The van der Waals surface area contributed by atoms with Crippen LogP contribution in [-0.2, 0) is 16.6 Å². The zero-order chi connectivity index (χ0) is 15.9. The van der Waals surface area contributed by atoms with Crippen LogP contribution < -0.4 is 6.15 Å². The lowest BCUT2D eigenvalue weighted by Crippen LogP contribution is -2.37. The molecule has 0 saturated heterocycles. The Labute approximate surface area is 141 Å². The molecule has 3 nitrogen and oxygen atoms in total. The molecule has 0 radical (unpaired) electrons. The second-order valence-corrected chi connectivity index (χ2v) is 5.96. The summed E-state index contributed by atoms with van der Waals surface area (Å²) in [4.78, 5) is 12.5. The third-order valence-electron chi connectivity index (χ3n) is 4.74. The van der Waals surface area contributed by atoms with Crippen molar-refractivity contribution in [3.05, 3.63) is 95.6 Å². The van der Waals surface area contributed by atoms with Crippen LogP contribution in [0.2, 0.25) is 0 Å². The lowest BCUT2D eigenvalue weighted by Gasteiger charge is -2.27. The molecule has 4 N–H and O–H groups in total. The molecule has 0 heterocycles. The second kappa shape index (κ2) is 5.95. The minimum atomic E-state index is -1.02. The van der Waals surface area contributed by atoms with Gasteiger partial charge in [0.15, 0.2) is 0 Å². The number of hydrogen-bond donors (Lipinski definition) is 2. The maximum Gasteiger partial charge on any atom is 0.319 e. The minimum absolute atomic E-state index is 0. The van der Waals surface area contributed by atoms with E-state index in [-0.39, 0.29) is 6.15 Å². The summed E-state index contributed by atoms with van der Waals surface area (Å²) >= 11 is 0. The van der Waals surface area contributed by atoms with Gasteiger partial charge in [-0.05, 0) is 34.2 Å². The van der Waals surface area contributed by atoms with Gasteiger partial charge in [-0.3, -0.25) is 4.79 Å². The fourth-order valence-corrected chi connectivity index (χ4v) is 3.72. The highest BCUT2D eigenvalue weighted by Gasteiger charge is 2.49. The number of carboxylic acids is 1. The van der Waals surface area contributed by atoms with Crippen LogP contribution in [0.3, 0.4) is 0 Å². The fourth-order valence-electron chi connectivity index (χ4n) is 3.72. The summed E-state index contributed by atoms with van der Waals surface area (Å²) in [6, 6.07) is 25.6. The molecule has 0 aromatic heterocycles. The molecule has 4 rings (SSSR count). The van der Waals surface area contributed by atoms with Gasteiger partial charge in [0, 0.05) is 0 Å². The third kappa shape index (κ3) is 2.14. The summed E-state index contributed by atoms with van der Waals surface area (Å²) in [5.74, 6) is -0.793. The maximum atomic E-state index is 12.5. The normalized spacial score (nSPS) is 13.5. The highest BCUT2D eigenvalue weighted by molar-refractivity contribution is 5.97. The summed E-state index contributed by atoms with van der Waals surface area (Å²) in [5, 5.41) is 10.2. The fraction of sp³-hybridized carbons (Fsp3) is 0.0952. The van der Waals surface area contributed by atoms with E-state index in [0.717, 1.165) is 27.8 Å². The second-order valence-electron chi connectivity index (χ2n) is 5.96. The SMILES string of the molecule is N.O=C(O)C1(Cc2ccccc2)c2ccccc2-c2ccccc21. The summed E-state index contributed by atoms with van der Waals surface area (Å²) in [7, 11) is 0. The highest BCUT2D eigenvalue weighted by atomic mass is 16.4. The maximum absolute atomic E-state index is 12.5. The molecule has 120 valence electrons. The van der Waals surface area contributed by atoms with Gasteiger partial charge in [-0.2, -0.15) is 0 Å². The van der Waals surface area contributed by atoms with E-state index in [0.29, 0.717) is 6.42 Å². The van der Waals surface area contributed by atoms with Crippen LogP contribution in [-0.4, -0.2) is 11.1 Å². The van der Waals surface area contributed by atoms with Crippen LogP contribution in [0.15, 0.2) is 78.9 Å². The van der Waals surface area contributed by atoms with E-state index in [1.54, 1.807) is 0 Å². The van der Waals surface area contributed by atoms with Gasteiger partial charge in [0.25, 0.3) is 0 Å². The summed E-state index contributed by atoms with van der Waals surface area (Å²) in [6.07, 6.45) is 0.456. The van der Waals surface area contributed by atoms with E-state index >= 15 is 0 Å². The predicted molar refractivity (Wildman–Crippen MR) is 95.5 cm³/mol. The van der Waals surface area contributed by atoms with E-state index in [4.69, 9.17) is 0 Å². The summed E-state index contributed by atoms with van der Waals surface area (Å²) in [5.41, 5.74) is 3.84. The quantitative estimate of drug-likeness (QED) is 0.750. The average Bonchev–Trinajstić information content (AvgIpc) is 2.88. The number of aliphatic carboxylic acids is 1. The Kier molecular flexibility index (Phi) is 3.96. The van der Waals surface area contributed by atoms with Crippen LogP contribution in [0.4, 0.5) is 0 Å². The predicted octanol–water partition coefficient (Wildman–Crippen LogP) is 4.44. The molecule has 24 heavy (non-hydrogen) atoms. The molecule has 0 bridgehead atoms. The Morgan fingerprint density at radius 2 is 1.21 bits per heavy atom. The van der Waals surface area contributed by atoms with Gasteiger partial charge in [0.05, 0.1) is 0 Å². The van der Waals surface area contributed by atoms with E-state index in [1.165, 1.54) is 0 Å². The largest absolute Gasteiger partial charge is 0.480 e. The molecular weight excluding hydrogens is 298 g/mol. The van der Waals surface area contributed by atoms with E-state index in [1.807, 2.05) is 78.9 Å². The number of hydrogen-bond acceptors (Lipinski definition) is 2. The Balaban J connectivity index is 0.00000169. The molecule has 3 aromatic carbocycles.